The molecule has 7 heteroatoms. The molecule has 0 unspecified atom stereocenters. The van der Waals surface area contributed by atoms with Crippen molar-refractivity contribution in [2.75, 3.05) is 32.1 Å². The minimum absolute atomic E-state index is 0.178. The Kier molecular flexibility index (Phi) is 11.0. The molecule has 0 atom stereocenters. The van der Waals surface area contributed by atoms with Gasteiger partial charge in [0.15, 0.2) is 0 Å². The fourth-order valence-electron chi connectivity index (χ4n) is 3.14. The molecular weight excluding hydrogens is 433 g/mol. The van der Waals surface area contributed by atoms with Crippen molar-refractivity contribution in [3.8, 4) is 5.88 Å². The molecule has 1 heterocycles. The Labute approximate surface area is 201 Å². The summed E-state index contributed by atoms with van der Waals surface area (Å²) in [6, 6.07) is 19.6. The standard InChI is InChI=1S/C21H29N3O3.C6H5F/c1-21(2,20(25)26)17-8-4-7-16(15-17)10-14-22-11-6-13-23-18-9-5-12-24-19(18)27-3;7-6-4-2-1-3-5-6/h4-5,7-9,12,15,22-23H,6,10-11,13-14H2,1-3H3,(H,25,26);1-5H. The summed E-state index contributed by atoms with van der Waals surface area (Å²) in [4.78, 5) is 15.6. The lowest BCUT2D eigenvalue weighted by molar-refractivity contribution is -0.142. The number of ether oxygens (including phenoxy) is 1. The summed E-state index contributed by atoms with van der Waals surface area (Å²) in [7, 11) is 1.61. The number of anilines is 1. The molecule has 34 heavy (non-hydrogen) atoms. The molecule has 2 aromatic carbocycles. The molecule has 182 valence electrons. The van der Waals surface area contributed by atoms with Crippen LogP contribution in [0.4, 0.5) is 10.1 Å². The minimum atomic E-state index is -0.873. The van der Waals surface area contributed by atoms with Gasteiger partial charge in [0.1, 0.15) is 5.82 Å². The van der Waals surface area contributed by atoms with Gasteiger partial charge in [0.2, 0.25) is 5.88 Å². The summed E-state index contributed by atoms with van der Waals surface area (Å²) in [6.07, 6.45) is 3.55. The second-order valence-electron chi connectivity index (χ2n) is 8.27. The van der Waals surface area contributed by atoms with Gasteiger partial charge in [0, 0.05) is 12.7 Å². The van der Waals surface area contributed by atoms with E-state index in [0.29, 0.717) is 5.88 Å². The molecule has 3 N–H and O–H groups in total. The van der Waals surface area contributed by atoms with Crippen LogP contribution in [0, 0.1) is 5.82 Å². The summed E-state index contributed by atoms with van der Waals surface area (Å²) >= 11 is 0. The van der Waals surface area contributed by atoms with Crippen LogP contribution in [0.3, 0.4) is 0 Å². The van der Waals surface area contributed by atoms with Crippen molar-refractivity contribution < 1.29 is 19.0 Å². The number of methoxy groups -OCH3 is 1. The number of carbonyl (C=O) groups is 1. The van der Waals surface area contributed by atoms with Crippen LogP contribution in [0.15, 0.2) is 72.9 Å². The highest BCUT2D eigenvalue weighted by atomic mass is 19.1. The monoisotopic (exact) mass is 467 g/mol. The van der Waals surface area contributed by atoms with E-state index in [4.69, 9.17) is 4.74 Å². The maximum absolute atomic E-state index is 11.9. The van der Waals surface area contributed by atoms with E-state index in [-0.39, 0.29) is 5.82 Å². The normalized spacial score (nSPS) is 10.7. The van der Waals surface area contributed by atoms with E-state index in [1.165, 1.54) is 12.1 Å². The van der Waals surface area contributed by atoms with Gasteiger partial charge in [-0.2, -0.15) is 0 Å². The van der Waals surface area contributed by atoms with Gasteiger partial charge in [-0.15, -0.1) is 0 Å². The van der Waals surface area contributed by atoms with Crippen molar-refractivity contribution in [2.45, 2.75) is 32.1 Å². The summed E-state index contributed by atoms with van der Waals surface area (Å²) in [6.45, 7) is 6.05. The van der Waals surface area contributed by atoms with Crippen molar-refractivity contribution in [2.24, 2.45) is 0 Å². The van der Waals surface area contributed by atoms with E-state index in [9.17, 15) is 14.3 Å². The molecule has 0 fully saturated rings. The molecule has 0 saturated carbocycles. The highest BCUT2D eigenvalue weighted by molar-refractivity contribution is 5.80. The molecule has 3 rings (SSSR count). The van der Waals surface area contributed by atoms with Crippen LogP contribution in [0.1, 0.15) is 31.4 Å². The number of benzene rings is 2. The Morgan fingerprint density at radius 2 is 1.79 bits per heavy atom. The van der Waals surface area contributed by atoms with E-state index in [2.05, 4.69) is 15.6 Å². The molecule has 0 spiro atoms. The van der Waals surface area contributed by atoms with Gasteiger partial charge in [0.25, 0.3) is 0 Å². The zero-order chi connectivity index (χ0) is 24.8. The van der Waals surface area contributed by atoms with Crippen LogP contribution in [-0.4, -0.2) is 42.8 Å². The molecule has 3 aromatic rings. The Morgan fingerprint density at radius 3 is 2.44 bits per heavy atom. The third-order valence-electron chi connectivity index (χ3n) is 5.32. The summed E-state index contributed by atoms with van der Waals surface area (Å²) < 4.78 is 17.1. The molecule has 0 saturated heterocycles. The molecular formula is C27H34FN3O3. The summed E-state index contributed by atoms with van der Waals surface area (Å²) in [5, 5.41) is 16.1. The van der Waals surface area contributed by atoms with Gasteiger partial charge in [0.05, 0.1) is 18.2 Å². The number of halogens is 1. The number of carboxylic acid groups (broad SMARTS) is 1. The van der Waals surface area contributed by atoms with E-state index in [0.717, 1.165) is 49.3 Å². The van der Waals surface area contributed by atoms with Crippen molar-refractivity contribution in [1.29, 1.82) is 0 Å². The quantitative estimate of drug-likeness (QED) is 0.348. The van der Waals surface area contributed by atoms with Gasteiger partial charge in [-0.1, -0.05) is 42.5 Å². The molecule has 1 aromatic heterocycles. The van der Waals surface area contributed by atoms with Crippen LogP contribution in [0.2, 0.25) is 0 Å². The highest BCUT2D eigenvalue weighted by Gasteiger charge is 2.29. The summed E-state index contributed by atoms with van der Waals surface area (Å²) in [5.41, 5.74) is 2.01. The van der Waals surface area contributed by atoms with E-state index in [1.807, 2.05) is 36.4 Å². The van der Waals surface area contributed by atoms with Crippen LogP contribution in [0.25, 0.3) is 0 Å². The number of pyridine rings is 1. The van der Waals surface area contributed by atoms with Crippen LogP contribution < -0.4 is 15.4 Å². The fraction of sp³-hybridized carbons (Fsp3) is 0.333. The van der Waals surface area contributed by atoms with Crippen molar-refractivity contribution in [3.05, 3.63) is 89.9 Å². The Balaban J connectivity index is 0.000000497. The van der Waals surface area contributed by atoms with Gasteiger partial charge < -0.3 is 20.5 Å². The topological polar surface area (TPSA) is 83.5 Å². The number of hydrogen-bond acceptors (Lipinski definition) is 5. The first-order valence-corrected chi connectivity index (χ1v) is 11.3. The SMILES string of the molecule is COc1ncccc1NCCCNCCc1cccc(C(C)(C)C(=O)O)c1.Fc1ccccc1. The van der Waals surface area contributed by atoms with Crippen molar-refractivity contribution in [1.82, 2.24) is 10.3 Å². The smallest absolute Gasteiger partial charge is 0.313 e. The van der Waals surface area contributed by atoms with E-state index >= 15 is 0 Å². The number of nitrogens with zero attached hydrogens (tertiary/aromatic N) is 1. The third kappa shape index (κ3) is 8.83. The predicted octanol–water partition coefficient (Wildman–Crippen LogP) is 4.91. The van der Waals surface area contributed by atoms with Gasteiger partial charge in [-0.3, -0.25) is 4.79 Å². The maximum Gasteiger partial charge on any atom is 0.313 e. The number of aromatic nitrogens is 1. The number of hydrogen-bond donors (Lipinski definition) is 3. The molecule has 0 radical (unpaired) electrons. The maximum atomic E-state index is 11.9. The molecule has 0 aliphatic rings. The van der Waals surface area contributed by atoms with Gasteiger partial charge in [-0.25, -0.2) is 9.37 Å². The van der Waals surface area contributed by atoms with Gasteiger partial charge in [-0.05, 0) is 75.2 Å². The first-order chi connectivity index (χ1) is 16.3. The average Bonchev–Trinajstić information content (AvgIpc) is 2.84. The predicted molar refractivity (Wildman–Crippen MR) is 134 cm³/mol. The number of nitrogens with one attached hydrogen (secondary N) is 2. The van der Waals surface area contributed by atoms with Crippen molar-refractivity contribution in [3.63, 3.8) is 0 Å². The lowest BCUT2D eigenvalue weighted by atomic mass is 9.84. The van der Waals surface area contributed by atoms with Crippen molar-refractivity contribution >= 4 is 11.7 Å². The van der Waals surface area contributed by atoms with E-state index in [1.54, 1.807) is 45.4 Å². The molecule has 6 nitrogen and oxygen atoms in total. The number of aliphatic carboxylic acids is 1. The summed E-state index contributed by atoms with van der Waals surface area (Å²) in [5.74, 6) is -0.382. The van der Waals surface area contributed by atoms with Crippen LogP contribution >= 0.6 is 0 Å². The average molecular weight is 468 g/mol. The minimum Gasteiger partial charge on any atom is -0.481 e. The lowest BCUT2D eigenvalue weighted by Crippen LogP contribution is -2.28. The Hall–Kier alpha value is -3.45. The fourth-order valence-corrected chi connectivity index (χ4v) is 3.14. The largest absolute Gasteiger partial charge is 0.481 e. The van der Waals surface area contributed by atoms with E-state index < -0.39 is 11.4 Å². The molecule has 0 aliphatic carbocycles. The molecule has 0 bridgehead atoms. The molecule has 0 amide bonds. The number of rotatable bonds is 11. The second-order valence-corrected chi connectivity index (χ2v) is 8.27. The lowest BCUT2D eigenvalue weighted by Gasteiger charge is -2.20. The second kappa shape index (κ2) is 14.0. The zero-order valence-electron chi connectivity index (χ0n) is 20.1. The Morgan fingerprint density at radius 1 is 1.03 bits per heavy atom. The first-order valence-electron chi connectivity index (χ1n) is 11.3. The third-order valence-corrected chi connectivity index (χ3v) is 5.32. The van der Waals surface area contributed by atoms with Crippen LogP contribution in [0.5, 0.6) is 5.88 Å². The highest BCUT2D eigenvalue weighted by Crippen LogP contribution is 2.24. The first kappa shape index (κ1) is 26.8. The van der Waals surface area contributed by atoms with Crippen LogP contribution in [-0.2, 0) is 16.6 Å². The zero-order valence-corrected chi connectivity index (χ0v) is 20.1. The number of carboxylic acids is 1. The van der Waals surface area contributed by atoms with Gasteiger partial charge >= 0.3 is 5.97 Å². The molecule has 0 aliphatic heterocycles. The Bertz CT molecular complexity index is 1010.